The van der Waals surface area contributed by atoms with Gasteiger partial charge in [0.2, 0.25) is 0 Å². The topological polar surface area (TPSA) is 77.1 Å². The van der Waals surface area contributed by atoms with Crippen molar-refractivity contribution in [3.8, 4) is 17.1 Å². The van der Waals surface area contributed by atoms with Crippen LogP contribution in [0, 0.1) is 6.92 Å². The van der Waals surface area contributed by atoms with Crippen molar-refractivity contribution >= 4 is 5.97 Å². The Bertz CT molecular complexity index is 593. The van der Waals surface area contributed by atoms with Crippen LogP contribution in [0.3, 0.4) is 0 Å². The predicted molar refractivity (Wildman–Crippen MR) is 69.1 cm³/mol. The summed E-state index contributed by atoms with van der Waals surface area (Å²) in [5.74, 6) is 0.759. The average molecular weight is 261 g/mol. The molecule has 0 aliphatic rings. The van der Waals surface area contributed by atoms with Gasteiger partial charge in [0.1, 0.15) is 11.6 Å². The van der Waals surface area contributed by atoms with Gasteiger partial charge in [-0.2, -0.15) is 0 Å². The highest BCUT2D eigenvalue weighted by molar-refractivity contribution is 5.89. The van der Waals surface area contributed by atoms with Crippen LogP contribution in [-0.2, 0) is 4.74 Å². The maximum atomic E-state index is 11.7. The standard InChI is InChI=1S/C13H15N3O3/c1-4-19-13(17)11-8(2)15-12(16-11)9-5-10(18-3)7-14-6-9/h5-7H,4H2,1-3H3,(H,15,16). The van der Waals surface area contributed by atoms with Crippen LogP contribution in [0.4, 0.5) is 0 Å². The van der Waals surface area contributed by atoms with Gasteiger partial charge in [-0.25, -0.2) is 9.78 Å². The molecule has 0 aliphatic heterocycles. The van der Waals surface area contributed by atoms with Crippen molar-refractivity contribution in [2.24, 2.45) is 0 Å². The van der Waals surface area contributed by atoms with Crippen LogP contribution in [0.2, 0.25) is 0 Å². The van der Waals surface area contributed by atoms with E-state index in [1.165, 1.54) is 0 Å². The second-order valence-electron chi connectivity index (χ2n) is 3.89. The van der Waals surface area contributed by atoms with Crippen LogP contribution in [0.25, 0.3) is 11.4 Å². The molecule has 0 saturated carbocycles. The highest BCUT2D eigenvalue weighted by Crippen LogP contribution is 2.21. The largest absolute Gasteiger partial charge is 0.495 e. The summed E-state index contributed by atoms with van der Waals surface area (Å²) in [6.45, 7) is 3.85. The number of ether oxygens (including phenoxy) is 2. The van der Waals surface area contributed by atoms with Crippen molar-refractivity contribution in [3.63, 3.8) is 0 Å². The molecule has 100 valence electrons. The van der Waals surface area contributed by atoms with Crippen molar-refractivity contribution in [2.75, 3.05) is 13.7 Å². The van der Waals surface area contributed by atoms with Gasteiger partial charge >= 0.3 is 5.97 Å². The van der Waals surface area contributed by atoms with Crippen LogP contribution >= 0.6 is 0 Å². The number of aromatic nitrogens is 3. The SMILES string of the molecule is CCOC(=O)c1nc(-c2cncc(OC)c2)[nH]c1C. The third-order valence-electron chi connectivity index (χ3n) is 2.58. The number of pyridine rings is 1. The van der Waals surface area contributed by atoms with Gasteiger partial charge < -0.3 is 14.5 Å². The smallest absolute Gasteiger partial charge is 0.358 e. The lowest BCUT2D eigenvalue weighted by atomic mass is 10.2. The fraction of sp³-hybridized carbons (Fsp3) is 0.308. The Morgan fingerprint density at radius 3 is 2.89 bits per heavy atom. The molecule has 0 atom stereocenters. The lowest BCUT2D eigenvalue weighted by molar-refractivity contribution is 0.0519. The van der Waals surface area contributed by atoms with Crippen LogP contribution in [0.1, 0.15) is 23.1 Å². The number of hydrogen-bond donors (Lipinski definition) is 1. The lowest BCUT2D eigenvalue weighted by Gasteiger charge is -2.00. The monoisotopic (exact) mass is 261 g/mol. The van der Waals surface area contributed by atoms with E-state index < -0.39 is 5.97 Å². The molecular weight excluding hydrogens is 246 g/mol. The molecule has 0 amide bonds. The Kier molecular flexibility index (Phi) is 3.79. The summed E-state index contributed by atoms with van der Waals surface area (Å²) in [5, 5.41) is 0. The van der Waals surface area contributed by atoms with E-state index in [0.29, 0.717) is 29.6 Å². The van der Waals surface area contributed by atoms with Gasteiger partial charge in [-0.05, 0) is 19.9 Å². The summed E-state index contributed by atoms with van der Waals surface area (Å²) in [5.41, 5.74) is 1.70. The summed E-state index contributed by atoms with van der Waals surface area (Å²) in [6, 6.07) is 1.79. The maximum Gasteiger partial charge on any atom is 0.358 e. The fourth-order valence-electron chi connectivity index (χ4n) is 1.66. The van der Waals surface area contributed by atoms with E-state index in [1.807, 2.05) is 0 Å². The number of carbonyl (C=O) groups is 1. The van der Waals surface area contributed by atoms with E-state index in [0.717, 1.165) is 5.56 Å². The average Bonchev–Trinajstić information content (AvgIpc) is 2.81. The van der Waals surface area contributed by atoms with Gasteiger partial charge in [0, 0.05) is 17.5 Å². The van der Waals surface area contributed by atoms with Crippen LogP contribution in [0.15, 0.2) is 18.5 Å². The van der Waals surface area contributed by atoms with Crippen molar-refractivity contribution < 1.29 is 14.3 Å². The Morgan fingerprint density at radius 1 is 1.42 bits per heavy atom. The molecule has 6 heteroatoms. The zero-order chi connectivity index (χ0) is 13.8. The molecule has 0 spiro atoms. The fourth-order valence-corrected chi connectivity index (χ4v) is 1.66. The van der Waals surface area contributed by atoms with Crippen LogP contribution in [-0.4, -0.2) is 34.6 Å². The molecule has 2 rings (SSSR count). The van der Waals surface area contributed by atoms with Gasteiger partial charge in [-0.3, -0.25) is 4.98 Å². The summed E-state index contributed by atoms with van der Waals surface area (Å²) < 4.78 is 10.0. The quantitative estimate of drug-likeness (QED) is 0.851. The van der Waals surface area contributed by atoms with Gasteiger partial charge in [0.25, 0.3) is 0 Å². The molecule has 2 aromatic heterocycles. The first-order valence-corrected chi connectivity index (χ1v) is 5.88. The van der Waals surface area contributed by atoms with E-state index in [1.54, 1.807) is 39.4 Å². The zero-order valence-corrected chi connectivity index (χ0v) is 11.1. The minimum Gasteiger partial charge on any atom is -0.495 e. The number of carbonyl (C=O) groups excluding carboxylic acids is 1. The molecule has 1 N–H and O–H groups in total. The molecule has 0 aliphatic carbocycles. The van der Waals surface area contributed by atoms with Crippen LogP contribution in [0.5, 0.6) is 5.75 Å². The van der Waals surface area contributed by atoms with Crippen molar-refractivity contribution in [2.45, 2.75) is 13.8 Å². The number of H-pyrrole nitrogens is 1. The molecule has 0 saturated heterocycles. The molecule has 0 unspecified atom stereocenters. The Labute approximate surface area is 110 Å². The van der Waals surface area contributed by atoms with Crippen molar-refractivity contribution in [1.29, 1.82) is 0 Å². The van der Waals surface area contributed by atoms with Gasteiger partial charge in [0.05, 0.1) is 19.9 Å². The molecule has 0 radical (unpaired) electrons. The molecule has 19 heavy (non-hydrogen) atoms. The highest BCUT2D eigenvalue weighted by Gasteiger charge is 2.16. The number of nitrogens with one attached hydrogen (secondary N) is 1. The molecule has 2 aromatic rings. The number of esters is 1. The molecule has 0 bridgehead atoms. The minimum atomic E-state index is -0.432. The normalized spacial score (nSPS) is 10.3. The predicted octanol–water partition coefficient (Wildman–Crippen LogP) is 1.97. The number of rotatable bonds is 4. The summed E-state index contributed by atoms with van der Waals surface area (Å²) >= 11 is 0. The highest BCUT2D eigenvalue weighted by atomic mass is 16.5. The van der Waals surface area contributed by atoms with Gasteiger partial charge in [-0.1, -0.05) is 0 Å². The van der Waals surface area contributed by atoms with Crippen molar-refractivity contribution in [3.05, 3.63) is 29.8 Å². The molecule has 6 nitrogen and oxygen atoms in total. The maximum absolute atomic E-state index is 11.7. The number of hydrogen-bond acceptors (Lipinski definition) is 5. The van der Waals surface area contributed by atoms with Gasteiger partial charge in [-0.15, -0.1) is 0 Å². The van der Waals surface area contributed by atoms with E-state index in [2.05, 4.69) is 15.0 Å². The summed E-state index contributed by atoms with van der Waals surface area (Å²) in [6.07, 6.45) is 3.25. The number of methoxy groups -OCH3 is 1. The number of nitrogens with zero attached hydrogens (tertiary/aromatic N) is 2. The lowest BCUT2D eigenvalue weighted by Crippen LogP contribution is -2.06. The number of aryl methyl sites for hydroxylation is 1. The Balaban J connectivity index is 2.36. The van der Waals surface area contributed by atoms with E-state index in [9.17, 15) is 4.79 Å². The second-order valence-corrected chi connectivity index (χ2v) is 3.89. The van der Waals surface area contributed by atoms with E-state index >= 15 is 0 Å². The van der Waals surface area contributed by atoms with Crippen molar-refractivity contribution in [1.82, 2.24) is 15.0 Å². The molecule has 0 aromatic carbocycles. The molecule has 0 fully saturated rings. The molecular formula is C13H15N3O3. The number of imidazole rings is 1. The second kappa shape index (κ2) is 5.51. The third kappa shape index (κ3) is 2.73. The number of aromatic amines is 1. The first kappa shape index (κ1) is 13.1. The van der Waals surface area contributed by atoms with Crippen LogP contribution < -0.4 is 4.74 Å². The Hall–Kier alpha value is -2.37. The summed E-state index contributed by atoms with van der Waals surface area (Å²) in [4.78, 5) is 23.0. The zero-order valence-electron chi connectivity index (χ0n) is 11.1. The first-order valence-electron chi connectivity index (χ1n) is 5.88. The third-order valence-corrected chi connectivity index (χ3v) is 2.58. The van der Waals surface area contributed by atoms with E-state index in [-0.39, 0.29) is 0 Å². The van der Waals surface area contributed by atoms with E-state index in [4.69, 9.17) is 9.47 Å². The summed E-state index contributed by atoms with van der Waals surface area (Å²) in [7, 11) is 1.57. The molecule has 2 heterocycles. The minimum absolute atomic E-state index is 0.291. The van der Waals surface area contributed by atoms with Gasteiger partial charge in [0.15, 0.2) is 5.69 Å². The Morgan fingerprint density at radius 2 is 2.21 bits per heavy atom. The first-order chi connectivity index (χ1) is 9.15.